The van der Waals surface area contributed by atoms with Gasteiger partial charge in [-0.1, -0.05) is 23.7 Å². The Morgan fingerprint density at radius 3 is 2.39 bits per heavy atom. The number of amides is 1. The van der Waals surface area contributed by atoms with Crippen LogP contribution in [-0.2, 0) is 4.79 Å². The zero-order chi connectivity index (χ0) is 17.0. The van der Waals surface area contributed by atoms with Gasteiger partial charge in [-0.3, -0.25) is 4.79 Å². The van der Waals surface area contributed by atoms with Crippen LogP contribution in [0, 0.1) is 11.6 Å². The number of halogens is 3. The van der Waals surface area contributed by atoms with Crippen molar-refractivity contribution in [3.63, 3.8) is 0 Å². The van der Waals surface area contributed by atoms with E-state index in [1.165, 1.54) is 30.3 Å². The maximum Gasteiger partial charge on any atom is 0.261 e. The predicted octanol–water partition coefficient (Wildman–Crippen LogP) is 4.26. The molecule has 2 aromatic carbocycles. The lowest BCUT2D eigenvalue weighted by atomic mass is 10.1. The second-order valence-corrected chi connectivity index (χ2v) is 5.53. The maximum absolute atomic E-state index is 13.1. The molecule has 2 rings (SSSR count). The molecular formula is C17H16ClF2NO2. The third-order valence-electron chi connectivity index (χ3n) is 3.30. The third kappa shape index (κ3) is 4.66. The molecule has 1 amide bonds. The number of ether oxygens (including phenoxy) is 1. The van der Waals surface area contributed by atoms with Crippen LogP contribution < -0.4 is 10.1 Å². The second-order valence-electron chi connectivity index (χ2n) is 5.12. The number of rotatable bonds is 5. The molecular weight excluding hydrogens is 324 g/mol. The monoisotopic (exact) mass is 339 g/mol. The first-order chi connectivity index (χ1) is 10.9. The molecule has 6 heteroatoms. The lowest BCUT2D eigenvalue weighted by Gasteiger charge is -2.19. The minimum atomic E-state index is -0.792. The standard InChI is InChI=1S/C17H16ClF2NO2/c1-10(12-3-5-13(19)6-4-12)21-17(22)11(2)23-14-7-8-16(20)15(18)9-14/h3-11H,1-2H3,(H,21,22)/t10-,11+/m0/s1. The highest BCUT2D eigenvalue weighted by Crippen LogP contribution is 2.22. The molecule has 0 heterocycles. The van der Waals surface area contributed by atoms with Gasteiger partial charge in [0.15, 0.2) is 6.10 Å². The van der Waals surface area contributed by atoms with E-state index in [0.29, 0.717) is 5.75 Å². The van der Waals surface area contributed by atoms with Gasteiger partial charge in [-0.15, -0.1) is 0 Å². The molecule has 0 fully saturated rings. The van der Waals surface area contributed by atoms with Crippen LogP contribution in [0.25, 0.3) is 0 Å². The van der Waals surface area contributed by atoms with Crippen molar-refractivity contribution < 1.29 is 18.3 Å². The van der Waals surface area contributed by atoms with Gasteiger partial charge in [0.2, 0.25) is 0 Å². The number of carbonyl (C=O) groups excluding carboxylic acids is 1. The summed E-state index contributed by atoms with van der Waals surface area (Å²) in [7, 11) is 0. The summed E-state index contributed by atoms with van der Waals surface area (Å²) in [5.41, 5.74) is 0.775. The number of benzene rings is 2. The Labute approximate surface area is 138 Å². The van der Waals surface area contributed by atoms with E-state index in [-0.39, 0.29) is 22.8 Å². The van der Waals surface area contributed by atoms with Gasteiger partial charge >= 0.3 is 0 Å². The summed E-state index contributed by atoms with van der Waals surface area (Å²) in [4.78, 5) is 12.1. The van der Waals surface area contributed by atoms with Gasteiger partial charge < -0.3 is 10.1 Å². The summed E-state index contributed by atoms with van der Waals surface area (Å²) < 4.78 is 31.4. The van der Waals surface area contributed by atoms with E-state index >= 15 is 0 Å². The van der Waals surface area contributed by atoms with E-state index in [1.807, 2.05) is 0 Å². The van der Waals surface area contributed by atoms with E-state index in [4.69, 9.17) is 16.3 Å². The average Bonchev–Trinajstić information content (AvgIpc) is 2.51. The second kappa shape index (κ2) is 7.42. The fourth-order valence-electron chi connectivity index (χ4n) is 1.97. The van der Waals surface area contributed by atoms with Gasteiger partial charge in [0.1, 0.15) is 17.4 Å². The van der Waals surface area contributed by atoms with Crippen molar-refractivity contribution in [1.29, 1.82) is 0 Å². The highest BCUT2D eigenvalue weighted by molar-refractivity contribution is 6.30. The van der Waals surface area contributed by atoms with Gasteiger partial charge in [0.25, 0.3) is 5.91 Å². The van der Waals surface area contributed by atoms with Crippen LogP contribution in [0.15, 0.2) is 42.5 Å². The first kappa shape index (κ1) is 17.2. The lowest BCUT2D eigenvalue weighted by molar-refractivity contribution is -0.127. The summed E-state index contributed by atoms with van der Waals surface area (Å²) in [6, 6.07) is 9.45. The highest BCUT2D eigenvalue weighted by Gasteiger charge is 2.18. The summed E-state index contributed by atoms with van der Waals surface area (Å²) in [6.45, 7) is 3.36. The maximum atomic E-state index is 13.1. The van der Waals surface area contributed by atoms with Gasteiger partial charge in [-0.05, 0) is 43.7 Å². The Hall–Kier alpha value is -2.14. The summed E-state index contributed by atoms with van der Waals surface area (Å²) in [5, 5.41) is 2.69. The van der Waals surface area contributed by atoms with E-state index in [2.05, 4.69) is 5.32 Å². The van der Waals surface area contributed by atoms with Gasteiger partial charge in [-0.2, -0.15) is 0 Å². The first-order valence-electron chi connectivity index (χ1n) is 7.04. The van der Waals surface area contributed by atoms with Crippen LogP contribution in [0.2, 0.25) is 5.02 Å². The number of hydrogen-bond donors (Lipinski definition) is 1. The molecule has 3 nitrogen and oxygen atoms in total. The van der Waals surface area contributed by atoms with Crippen LogP contribution in [-0.4, -0.2) is 12.0 Å². The van der Waals surface area contributed by atoms with Crippen molar-refractivity contribution >= 4 is 17.5 Å². The quantitative estimate of drug-likeness (QED) is 0.883. The van der Waals surface area contributed by atoms with Gasteiger partial charge in [0.05, 0.1) is 11.1 Å². The molecule has 2 atom stereocenters. The van der Waals surface area contributed by atoms with Crippen LogP contribution in [0.3, 0.4) is 0 Å². The Morgan fingerprint density at radius 1 is 1.13 bits per heavy atom. The molecule has 0 unspecified atom stereocenters. The molecule has 0 aliphatic heterocycles. The molecule has 122 valence electrons. The van der Waals surface area contributed by atoms with Crippen molar-refractivity contribution in [3.8, 4) is 5.75 Å². The summed E-state index contributed by atoms with van der Waals surface area (Å²) >= 11 is 5.67. The third-order valence-corrected chi connectivity index (χ3v) is 3.59. The summed E-state index contributed by atoms with van der Waals surface area (Å²) in [5.74, 6) is -0.936. The smallest absolute Gasteiger partial charge is 0.261 e. The Balaban J connectivity index is 1.96. The lowest BCUT2D eigenvalue weighted by Crippen LogP contribution is -2.37. The van der Waals surface area contributed by atoms with Crippen LogP contribution in [0.1, 0.15) is 25.5 Å². The minimum Gasteiger partial charge on any atom is -0.481 e. The SMILES string of the molecule is C[C@H](NC(=O)[C@@H](C)Oc1ccc(F)c(Cl)c1)c1ccc(F)cc1. The highest BCUT2D eigenvalue weighted by atomic mass is 35.5. The van der Waals surface area contributed by atoms with E-state index in [1.54, 1.807) is 26.0 Å². The topological polar surface area (TPSA) is 38.3 Å². The molecule has 0 spiro atoms. The average molecular weight is 340 g/mol. The van der Waals surface area contributed by atoms with Crippen LogP contribution in [0.4, 0.5) is 8.78 Å². The van der Waals surface area contributed by atoms with E-state index < -0.39 is 11.9 Å². The van der Waals surface area contributed by atoms with E-state index in [0.717, 1.165) is 5.56 Å². The van der Waals surface area contributed by atoms with E-state index in [9.17, 15) is 13.6 Å². The molecule has 2 aromatic rings. The molecule has 1 N–H and O–H groups in total. The minimum absolute atomic E-state index is 0.0743. The number of nitrogens with one attached hydrogen (secondary N) is 1. The largest absolute Gasteiger partial charge is 0.481 e. The number of hydrogen-bond acceptors (Lipinski definition) is 2. The molecule has 0 aromatic heterocycles. The van der Waals surface area contributed by atoms with Gasteiger partial charge in [0, 0.05) is 6.07 Å². The fraction of sp³-hybridized carbons (Fsp3) is 0.235. The predicted molar refractivity (Wildman–Crippen MR) is 84.5 cm³/mol. The van der Waals surface area contributed by atoms with Crippen molar-refractivity contribution in [3.05, 3.63) is 64.7 Å². The number of carbonyl (C=O) groups is 1. The molecule has 0 aliphatic carbocycles. The van der Waals surface area contributed by atoms with Crippen molar-refractivity contribution in [2.24, 2.45) is 0 Å². The Bertz CT molecular complexity index is 691. The Kier molecular flexibility index (Phi) is 5.55. The first-order valence-corrected chi connectivity index (χ1v) is 7.42. The molecule has 0 saturated carbocycles. The van der Waals surface area contributed by atoms with Crippen molar-refractivity contribution in [1.82, 2.24) is 5.32 Å². The molecule has 23 heavy (non-hydrogen) atoms. The normalized spacial score (nSPS) is 13.3. The molecule has 0 radical (unpaired) electrons. The molecule has 0 bridgehead atoms. The molecule has 0 saturated heterocycles. The van der Waals surface area contributed by atoms with Crippen molar-refractivity contribution in [2.75, 3.05) is 0 Å². The Morgan fingerprint density at radius 2 is 1.78 bits per heavy atom. The van der Waals surface area contributed by atoms with Crippen LogP contribution in [0.5, 0.6) is 5.75 Å². The zero-order valence-electron chi connectivity index (χ0n) is 12.6. The van der Waals surface area contributed by atoms with Crippen LogP contribution >= 0.6 is 11.6 Å². The summed E-state index contributed by atoms with van der Waals surface area (Å²) in [6.07, 6.45) is -0.792. The molecule has 0 aliphatic rings. The van der Waals surface area contributed by atoms with Gasteiger partial charge in [-0.25, -0.2) is 8.78 Å². The van der Waals surface area contributed by atoms with Crippen molar-refractivity contribution in [2.45, 2.75) is 26.0 Å². The zero-order valence-corrected chi connectivity index (χ0v) is 13.4. The fourth-order valence-corrected chi connectivity index (χ4v) is 2.14.